The molecule has 0 atom stereocenters. The summed E-state index contributed by atoms with van der Waals surface area (Å²) < 4.78 is 0. The van der Waals surface area contributed by atoms with Gasteiger partial charge in [0.25, 0.3) is 0 Å². The van der Waals surface area contributed by atoms with Crippen molar-refractivity contribution in [2.24, 2.45) is 5.73 Å². The summed E-state index contributed by atoms with van der Waals surface area (Å²) in [5.41, 5.74) is 7.90. The number of nitrogens with two attached hydrogens (primary N) is 1. The van der Waals surface area contributed by atoms with E-state index in [-0.39, 0.29) is 23.7 Å². The van der Waals surface area contributed by atoms with Crippen LogP contribution in [-0.2, 0) is 0 Å². The number of fused-ring (bicyclic) bond motifs is 1. The van der Waals surface area contributed by atoms with E-state index >= 15 is 0 Å². The highest BCUT2D eigenvalue weighted by atomic mass is 35.5. The van der Waals surface area contributed by atoms with E-state index in [2.05, 4.69) is 30.6 Å². The first-order valence-electron chi connectivity index (χ1n) is 7.17. The maximum Gasteiger partial charge on any atom is 0.248 e. The fraction of sp³-hybridized carbons (Fsp3) is 0.133. The maximum absolute atomic E-state index is 11.3. The van der Waals surface area contributed by atoms with Gasteiger partial charge < -0.3 is 21.4 Å². The highest BCUT2D eigenvalue weighted by Gasteiger charge is 2.07. The molecule has 3 aromatic heterocycles. The van der Waals surface area contributed by atoms with E-state index < -0.39 is 0 Å². The van der Waals surface area contributed by atoms with E-state index in [9.17, 15) is 4.79 Å². The van der Waals surface area contributed by atoms with E-state index in [1.54, 1.807) is 12.1 Å². The Labute approximate surface area is 148 Å². The lowest BCUT2D eigenvalue weighted by Crippen LogP contribution is -2.14. The van der Waals surface area contributed by atoms with Crippen LogP contribution in [0.3, 0.4) is 0 Å². The van der Waals surface area contributed by atoms with Gasteiger partial charge in [-0.3, -0.25) is 4.79 Å². The number of rotatable bonds is 5. The molecule has 128 valence electrons. The van der Waals surface area contributed by atoms with Crippen LogP contribution in [0.4, 0.5) is 17.3 Å². The Morgan fingerprint density at radius 3 is 2.88 bits per heavy atom. The molecule has 0 radical (unpaired) electrons. The molecule has 0 bridgehead atoms. The van der Waals surface area contributed by atoms with Gasteiger partial charge in [-0.2, -0.15) is 5.26 Å². The molecule has 0 amide bonds. The van der Waals surface area contributed by atoms with Crippen molar-refractivity contribution < 1.29 is 0 Å². The lowest BCUT2D eigenvalue weighted by molar-refractivity contribution is 1.02. The second-order valence-electron chi connectivity index (χ2n) is 4.89. The van der Waals surface area contributed by atoms with Gasteiger partial charge in [-0.05, 0) is 12.1 Å². The molecule has 3 rings (SSSR count). The van der Waals surface area contributed by atoms with Crippen LogP contribution in [0, 0.1) is 11.3 Å². The van der Waals surface area contributed by atoms with Gasteiger partial charge in [0.05, 0.1) is 34.8 Å². The third-order valence-corrected chi connectivity index (χ3v) is 3.18. The van der Waals surface area contributed by atoms with Crippen molar-refractivity contribution in [1.82, 2.24) is 19.9 Å². The fourth-order valence-electron chi connectivity index (χ4n) is 2.10. The number of aromatic amines is 1. The van der Waals surface area contributed by atoms with Crippen molar-refractivity contribution in [3.05, 3.63) is 46.6 Å². The number of hydrogen-bond donors (Lipinski definition) is 4. The summed E-state index contributed by atoms with van der Waals surface area (Å²) in [5, 5.41) is 15.1. The predicted octanol–water partition coefficient (Wildman–Crippen LogP) is 1.12. The topological polar surface area (TPSA) is 145 Å². The first-order valence-corrected chi connectivity index (χ1v) is 7.17. The number of aromatic nitrogens is 4. The van der Waals surface area contributed by atoms with Gasteiger partial charge in [0.1, 0.15) is 6.07 Å². The fourth-order valence-corrected chi connectivity index (χ4v) is 2.10. The number of nitriles is 1. The Morgan fingerprint density at radius 2 is 2.12 bits per heavy atom. The second-order valence-corrected chi connectivity index (χ2v) is 4.89. The first kappa shape index (κ1) is 18.1. The summed E-state index contributed by atoms with van der Waals surface area (Å²) >= 11 is 0. The van der Waals surface area contributed by atoms with Gasteiger partial charge in [-0.15, -0.1) is 12.4 Å². The van der Waals surface area contributed by atoms with E-state index in [1.165, 1.54) is 18.5 Å². The Balaban J connectivity index is 0.00000225. The van der Waals surface area contributed by atoms with Crippen LogP contribution in [0.15, 0.2) is 35.4 Å². The Morgan fingerprint density at radius 1 is 1.28 bits per heavy atom. The standard InChI is InChI=1S/C15H14N8O.ClH/c16-3-4-18-11-5-9(7-19-12(11)6-17)21-15-20-8-13-10(23-15)1-2-14(24)22-13;/h1-2,5,7-8,18H,3-4,16H2,(H,22,24)(H,20,21,23);1H. The molecule has 0 saturated heterocycles. The third-order valence-electron chi connectivity index (χ3n) is 3.18. The molecule has 0 aliphatic heterocycles. The number of pyridine rings is 2. The average molecular weight is 359 g/mol. The molecule has 0 saturated carbocycles. The largest absolute Gasteiger partial charge is 0.381 e. The minimum absolute atomic E-state index is 0. The zero-order valence-electron chi connectivity index (χ0n) is 13.0. The molecule has 10 heteroatoms. The van der Waals surface area contributed by atoms with Gasteiger partial charge in [0.15, 0.2) is 5.69 Å². The Hall–Kier alpha value is -3.22. The van der Waals surface area contributed by atoms with Crippen molar-refractivity contribution in [2.45, 2.75) is 0 Å². The molecule has 0 aliphatic rings. The molecule has 0 spiro atoms. The molecule has 5 N–H and O–H groups in total. The number of anilines is 3. The normalized spacial score (nSPS) is 9.92. The predicted molar refractivity (Wildman–Crippen MR) is 97.2 cm³/mol. The zero-order chi connectivity index (χ0) is 16.9. The van der Waals surface area contributed by atoms with Crippen LogP contribution < -0.4 is 21.9 Å². The first-order chi connectivity index (χ1) is 11.7. The van der Waals surface area contributed by atoms with Gasteiger partial charge >= 0.3 is 0 Å². The van der Waals surface area contributed by atoms with Gasteiger partial charge in [-0.25, -0.2) is 15.0 Å². The number of nitrogens with one attached hydrogen (secondary N) is 3. The Bertz CT molecular complexity index is 981. The lowest BCUT2D eigenvalue weighted by Gasteiger charge is -2.10. The molecule has 0 fully saturated rings. The monoisotopic (exact) mass is 358 g/mol. The lowest BCUT2D eigenvalue weighted by atomic mass is 10.3. The van der Waals surface area contributed by atoms with E-state index in [1.807, 2.05) is 6.07 Å². The number of hydrogen-bond acceptors (Lipinski definition) is 8. The van der Waals surface area contributed by atoms with E-state index in [0.717, 1.165) is 0 Å². The maximum atomic E-state index is 11.3. The second kappa shape index (κ2) is 8.05. The minimum Gasteiger partial charge on any atom is -0.381 e. The highest BCUT2D eigenvalue weighted by molar-refractivity contribution is 5.85. The highest BCUT2D eigenvalue weighted by Crippen LogP contribution is 2.20. The van der Waals surface area contributed by atoms with E-state index in [4.69, 9.17) is 11.0 Å². The van der Waals surface area contributed by atoms with Gasteiger partial charge in [0.2, 0.25) is 11.5 Å². The SMILES string of the molecule is Cl.N#Cc1ncc(Nc2ncc3[nH]c(=O)ccc3n2)cc1NCCN. The molecule has 3 aromatic rings. The molecule has 3 heterocycles. The summed E-state index contributed by atoms with van der Waals surface area (Å²) in [7, 11) is 0. The summed E-state index contributed by atoms with van der Waals surface area (Å²) in [4.78, 5) is 26.5. The van der Waals surface area contributed by atoms with Crippen LogP contribution in [0.1, 0.15) is 5.69 Å². The summed E-state index contributed by atoms with van der Waals surface area (Å²) in [6.07, 6.45) is 3.04. The number of nitrogens with zero attached hydrogens (tertiary/aromatic N) is 4. The van der Waals surface area contributed by atoms with E-state index in [0.29, 0.717) is 41.4 Å². The summed E-state index contributed by atoms with van der Waals surface area (Å²) in [5.74, 6) is 0.353. The van der Waals surface area contributed by atoms with Crippen LogP contribution in [0.5, 0.6) is 0 Å². The van der Waals surface area contributed by atoms with Crippen LogP contribution in [-0.4, -0.2) is 33.0 Å². The molecule has 0 unspecified atom stereocenters. The minimum atomic E-state index is -0.210. The number of halogens is 1. The molecule has 9 nitrogen and oxygen atoms in total. The van der Waals surface area contributed by atoms with Crippen molar-refractivity contribution in [2.75, 3.05) is 23.7 Å². The molecule has 0 aliphatic carbocycles. The third kappa shape index (κ3) is 4.20. The van der Waals surface area contributed by atoms with Crippen molar-refractivity contribution >= 4 is 40.8 Å². The van der Waals surface area contributed by atoms with Crippen molar-refractivity contribution in [3.63, 3.8) is 0 Å². The molecule has 25 heavy (non-hydrogen) atoms. The molecular formula is C15H15ClN8O. The van der Waals surface area contributed by atoms with Gasteiger partial charge in [0, 0.05) is 19.2 Å². The van der Waals surface area contributed by atoms with Gasteiger partial charge in [-0.1, -0.05) is 0 Å². The summed E-state index contributed by atoms with van der Waals surface area (Å²) in [6, 6.07) is 6.77. The number of H-pyrrole nitrogens is 1. The summed E-state index contributed by atoms with van der Waals surface area (Å²) in [6.45, 7) is 0.966. The average Bonchev–Trinajstić information content (AvgIpc) is 2.60. The molecule has 0 aromatic carbocycles. The van der Waals surface area contributed by atoms with Crippen molar-refractivity contribution in [1.29, 1.82) is 5.26 Å². The Kier molecular flexibility index (Phi) is 5.84. The van der Waals surface area contributed by atoms with Crippen LogP contribution >= 0.6 is 12.4 Å². The smallest absolute Gasteiger partial charge is 0.248 e. The zero-order valence-corrected chi connectivity index (χ0v) is 13.8. The van der Waals surface area contributed by atoms with Crippen molar-refractivity contribution in [3.8, 4) is 6.07 Å². The quantitative estimate of drug-likeness (QED) is 0.530. The van der Waals surface area contributed by atoms with Crippen LogP contribution in [0.2, 0.25) is 0 Å². The van der Waals surface area contributed by atoms with Crippen LogP contribution in [0.25, 0.3) is 11.0 Å². The molecular weight excluding hydrogens is 344 g/mol.